The van der Waals surface area contributed by atoms with Gasteiger partial charge in [0.1, 0.15) is 0 Å². The maximum Gasteiger partial charge on any atom is 0.165 e. The number of unbranched alkanes of at least 4 members (excludes halogenated alkanes) is 4. The molecular weight excluding hydrogens is 423 g/mol. The van der Waals surface area contributed by atoms with Crippen molar-refractivity contribution in [3.05, 3.63) is 66.2 Å². The van der Waals surface area contributed by atoms with Crippen LogP contribution in [0.15, 0.2) is 54.9 Å². The molecule has 1 aromatic heterocycles. The standard InChI is InChI=1S/C30H39FN2O/c1-4-6-7-8-9-12-24-13-15-25(16-14-24)28-21-33-29(22-32-28)26-17-18-30(27(31)20-26)34-19-10-11-23(3)5-2/h13-18,20-23H,4-12,19H2,1-3H3. The van der Waals surface area contributed by atoms with Crippen LogP contribution in [0, 0.1) is 11.7 Å². The van der Waals surface area contributed by atoms with E-state index in [-0.39, 0.29) is 5.82 Å². The molecule has 3 nitrogen and oxygen atoms in total. The lowest BCUT2D eigenvalue weighted by molar-refractivity contribution is 0.281. The van der Waals surface area contributed by atoms with Gasteiger partial charge in [0, 0.05) is 11.1 Å². The molecule has 0 spiro atoms. The van der Waals surface area contributed by atoms with Crippen LogP contribution in [-0.2, 0) is 6.42 Å². The summed E-state index contributed by atoms with van der Waals surface area (Å²) in [5.41, 5.74) is 4.57. The molecule has 1 heterocycles. The van der Waals surface area contributed by atoms with E-state index in [0.717, 1.165) is 36.9 Å². The van der Waals surface area contributed by atoms with Crippen LogP contribution in [-0.4, -0.2) is 16.6 Å². The quantitative estimate of drug-likeness (QED) is 0.225. The summed E-state index contributed by atoms with van der Waals surface area (Å²) in [6.45, 7) is 7.20. The third-order valence-corrected chi connectivity index (χ3v) is 6.49. The average Bonchev–Trinajstić information content (AvgIpc) is 2.87. The molecule has 4 heteroatoms. The minimum Gasteiger partial charge on any atom is -0.491 e. The van der Waals surface area contributed by atoms with E-state index in [9.17, 15) is 4.39 Å². The van der Waals surface area contributed by atoms with E-state index in [4.69, 9.17) is 4.74 Å². The highest BCUT2D eigenvalue weighted by Gasteiger charge is 2.09. The van der Waals surface area contributed by atoms with E-state index in [1.165, 1.54) is 43.7 Å². The molecule has 0 bridgehead atoms. The molecular formula is C30H39FN2O. The van der Waals surface area contributed by atoms with E-state index in [1.54, 1.807) is 18.5 Å². The number of hydrogen-bond donors (Lipinski definition) is 0. The van der Waals surface area contributed by atoms with Crippen molar-refractivity contribution in [3.63, 3.8) is 0 Å². The predicted octanol–water partition coefficient (Wildman–Crippen LogP) is 8.67. The van der Waals surface area contributed by atoms with Gasteiger partial charge in [-0.2, -0.15) is 0 Å². The fraction of sp³-hybridized carbons (Fsp3) is 0.467. The highest BCUT2D eigenvalue weighted by Crippen LogP contribution is 2.26. The maximum atomic E-state index is 14.5. The first kappa shape index (κ1) is 25.9. The Morgan fingerprint density at radius 3 is 2.15 bits per heavy atom. The zero-order chi connectivity index (χ0) is 24.2. The van der Waals surface area contributed by atoms with Crippen molar-refractivity contribution in [2.75, 3.05) is 6.61 Å². The van der Waals surface area contributed by atoms with Gasteiger partial charge in [-0.3, -0.25) is 9.97 Å². The number of aromatic nitrogens is 2. The monoisotopic (exact) mass is 462 g/mol. The summed E-state index contributed by atoms with van der Waals surface area (Å²) < 4.78 is 20.2. The second-order valence-corrected chi connectivity index (χ2v) is 9.30. The van der Waals surface area contributed by atoms with E-state index >= 15 is 0 Å². The molecule has 3 rings (SSSR count). The Hall–Kier alpha value is -2.75. The summed E-state index contributed by atoms with van der Waals surface area (Å²) in [4.78, 5) is 9.10. The molecule has 0 fully saturated rings. The van der Waals surface area contributed by atoms with Crippen LogP contribution in [0.3, 0.4) is 0 Å². The molecule has 0 N–H and O–H groups in total. The first-order valence-electron chi connectivity index (χ1n) is 12.9. The molecule has 0 radical (unpaired) electrons. The minimum atomic E-state index is -0.364. The molecule has 0 amide bonds. The van der Waals surface area contributed by atoms with Crippen molar-refractivity contribution in [2.45, 2.75) is 78.6 Å². The van der Waals surface area contributed by atoms with Gasteiger partial charge in [-0.1, -0.05) is 77.1 Å². The Morgan fingerprint density at radius 1 is 0.824 bits per heavy atom. The lowest BCUT2D eigenvalue weighted by Crippen LogP contribution is -2.02. The minimum absolute atomic E-state index is 0.294. The number of rotatable bonds is 14. The van der Waals surface area contributed by atoms with Crippen molar-refractivity contribution in [2.24, 2.45) is 5.92 Å². The van der Waals surface area contributed by atoms with Gasteiger partial charge in [-0.15, -0.1) is 0 Å². The molecule has 1 atom stereocenters. The lowest BCUT2D eigenvalue weighted by atomic mass is 10.0. The Balaban J connectivity index is 1.55. The molecule has 3 aromatic rings. The summed E-state index contributed by atoms with van der Waals surface area (Å²) in [7, 11) is 0. The van der Waals surface area contributed by atoms with Gasteiger partial charge < -0.3 is 4.74 Å². The fourth-order valence-electron chi connectivity index (χ4n) is 4.00. The molecule has 0 saturated carbocycles. The van der Waals surface area contributed by atoms with Crippen LogP contribution in [0.25, 0.3) is 22.5 Å². The number of nitrogens with zero attached hydrogens (tertiary/aromatic N) is 2. The van der Waals surface area contributed by atoms with Gasteiger partial charge in [-0.25, -0.2) is 4.39 Å². The summed E-state index contributed by atoms with van der Waals surface area (Å²) in [5.74, 6) is 0.607. The molecule has 0 saturated heterocycles. The number of ether oxygens (including phenoxy) is 1. The smallest absolute Gasteiger partial charge is 0.165 e. The van der Waals surface area contributed by atoms with Crippen molar-refractivity contribution in [1.29, 1.82) is 0 Å². The maximum absolute atomic E-state index is 14.5. The number of hydrogen-bond acceptors (Lipinski definition) is 3. The third-order valence-electron chi connectivity index (χ3n) is 6.49. The van der Waals surface area contributed by atoms with Gasteiger partial charge in [0.25, 0.3) is 0 Å². The van der Waals surface area contributed by atoms with E-state index in [2.05, 4.69) is 55.0 Å². The Bertz CT molecular complexity index is 986. The van der Waals surface area contributed by atoms with Gasteiger partial charge in [-0.05, 0) is 55.4 Å². The van der Waals surface area contributed by atoms with E-state index in [0.29, 0.717) is 29.5 Å². The molecule has 0 aliphatic rings. The normalized spacial score (nSPS) is 12.0. The highest BCUT2D eigenvalue weighted by atomic mass is 19.1. The Morgan fingerprint density at radius 2 is 1.50 bits per heavy atom. The Labute approximate surface area is 204 Å². The lowest BCUT2D eigenvalue weighted by Gasteiger charge is -2.11. The van der Waals surface area contributed by atoms with Crippen LogP contribution < -0.4 is 4.74 Å². The molecule has 0 aliphatic carbocycles. The molecule has 2 aromatic carbocycles. The predicted molar refractivity (Wildman–Crippen MR) is 140 cm³/mol. The first-order chi connectivity index (χ1) is 16.6. The molecule has 34 heavy (non-hydrogen) atoms. The first-order valence-corrected chi connectivity index (χ1v) is 12.9. The second kappa shape index (κ2) is 13.8. The largest absolute Gasteiger partial charge is 0.491 e. The number of benzene rings is 2. The summed E-state index contributed by atoms with van der Waals surface area (Å²) in [6, 6.07) is 13.6. The van der Waals surface area contributed by atoms with Gasteiger partial charge in [0.15, 0.2) is 11.6 Å². The zero-order valence-corrected chi connectivity index (χ0v) is 21.0. The second-order valence-electron chi connectivity index (χ2n) is 9.30. The number of aryl methyl sites for hydroxylation is 1. The van der Waals surface area contributed by atoms with Crippen molar-refractivity contribution in [1.82, 2.24) is 9.97 Å². The molecule has 182 valence electrons. The average molecular weight is 463 g/mol. The zero-order valence-electron chi connectivity index (χ0n) is 21.0. The van der Waals surface area contributed by atoms with Crippen molar-refractivity contribution >= 4 is 0 Å². The van der Waals surface area contributed by atoms with Crippen LogP contribution in [0.4, 0.5) is 4.39 Å². The van der Waals surface area contributed by atoms with Crippen LogP contribution in [0.2, 0.25) is 0 Å². The van der Waals surface area contributed by atoms with Crippen LogP contribution >= 0.6 is 0 Å². The van der Waals surface area contributed by atoms with Gasteiger partial charge in [0.05, 0.1) is 30.4 Å². The summed E-state index contributed by atoms with van der Waals surface area (Å²) >= 11 is 0. The Kier molecular flexibility index (Phi) is 10.5. The molecule has 0 aliphatic heterocycles. The fourth-order valence-corrected chi connectivity index (χ4v) is 4.00. The topological polar surface area (TPSA) is 35.0 Å². The van der Waals surface area contributed by atoms with E-state index in [1.807, 2.05) is 6.07 Å². The summed E-state index contributed by atoms with van der Waals surface area (Å²) in [5, 5.41) is 0. The van der Waals surface area contributed by atoms with Crippen molar-refractivity contribution < 1.29 is 9.13 Å². The van der Waals surface area contributed by atoms with Crippen LogP contribution in [0.1, 0.15) is 77.7 Å². The third kappa shape index (κ3) is 7.93. The highest BCUT2D eigenvalue weighted by molar-refractivity contribution is 5.63. The number of halogens is 1. The van der Waals surface area contributed by atoms with Crippen LogP contribution in [0.5, 0.6) is 5.75 Å². The summed E-state index contributed by atoms with van der Waals surface area (Å²) in [6.07, 6.45) is 14.3. The van der Waals surface area contributed by atoms with Gasteiger partial charge in [0.2, 0.25) is 0 Å². The van der Waals surface area contributed by atoms with E-state index < -0.39 is 0 Å². The van der Waals surface area contributed by atoms with Gasteiger partial charge >= 0.3 is 0 Å². The SMILES string of the molecule is CCCCCCCc1ccc(-c2cnc(-c3ccc(OCCCC(C)CC)c(F)c3)cn2)cc1. The molecule has 1 unspecified atom stereocenters. The van der Waals surface area contributed by atoms with Crippen molar-refractivity contribution in [3.8, 4) is 28.3 Å².